The summed E-state index contributed by atoms with van der Waals surface area (Å²) in [5, 5.41) is 20.1. The van der Waals surface area contributed by atoms with Crippen molar-refractivity contribution >= 4 is 17.6 Å². The first-order chi connectivity index (χ1) is 11.4. The Morgan fingerprint density at radius 3 is 2.50 bits per heavy atom. The van der Waals surface area contributed by atoms with Gasteiger partial charge in [-0.3, -0.25) is 10.1 Å². The average Bonchev–Trinajstić information content (AvgIpc) is 2.55. The number of rotatable bonds is 9. The second kappa shape index (κ2) is 9.29. The molecular formula is C16H19NO7. The van der Waals surface area contributed by atoms with Crippen molar-refractivity contribution in [2.45, 2.75) is 33.1 Å². The van der Waals surface area contributed by atoms with Crippen LogP contribution in [0.15, 0.2) is 35.6 Å². The highest BCUT2D eigenvalue weighted by atomic mass is 16.6. The molecule has 1 aromatic rings. The van der Waals surface area contributed by atoms with Gasteiger partial charge in [0, 0.05) is 6.07 Å². The smallest absolute Gasteiger partial charge is 0.374 e. The number of esters is 1. The summed E-state index contributed by atoms with van der Waals surface area (Å²) in [6.45, 7) is 3.66. The van der Waals surface area contributed by atoms with Crippen LogP contribution in [-0.2, 0) is 14.3 Å². The zero-order chi connectivity index (χ0) is 18.1. The number of carbonyl (C=O) groups is 2. The minimum atomic E-state index is -1.30. The van der Waals surface area contributed by atoms with Gasteiger partial charge in [0.05, 0.1) is 23.2 Å². The third-order valence-electron chi connectivity index (χ3n) is 2.90. The van der Waals surface area contributed by atoms with Crippen LogP contribution in [0.1, 0.15) is 33.1 Å². The summed E-state index contributed by atoms with van der Waals surface area (Å²) in [5.41, 5.74) is -0.466. The molecule has 0 saturated heterocycles. The Kier molecular flexibility index (Phi) is 7.41. The molecule has 1 rings (SSSR count). The number of nitro groups is 1. The van der Waals surface area contributed by atoms with E-state index in [9.17, 15) is 24.8 Å². The van der Waals surface area contributed by atoms with Gasteiger partial charge in [-0.1, -0.05) is 26.3 Å². The maximum atomic E-state index is 12.1. The molecule has 0 unspecified atom stereocenters. The topological polar surface area (TPSA) is 116 Å². The van der Waals surface area contributed by atoms with E-state index >= 15 is 0 Å². The summed E-state index contributed by atoms with van der Waals surface area (Å²) in [6, 6.07) is 5.14. The minimum Gasteiger partial charge on any atom is -0.478 e. The molecule has 0 bridgehead atoms. The summed E-state index contributed by atoms with van der Waals surface area (Å²) in [5.74, 6) is -2.68. The third-order valence-corrected chi connectivity index (χ3v) is 2.90. The SMILES string of the molecule is CCCOC(=O)C(Oc1cccc([N+](=O)[O-])c1)=C(CCC)C(=O)O. The summed E-state index contributed by atoms with van der Waals surface area (Å²) in [6.07, 6.45) is 1.14. The van der Waals surface area contributed by atoms with Crippen LogP contribution in [0.5, 0.6) is 5.75 Å². The van der Waals surface area contributed by atoms with E-state index in [1.165, 1.54) is 18.2 Å². The standard InChI is InChI=1S/C16H19NO7/c1-3-6-13(15(18)19)14(16(20)23-9-4-2)24-12-8-5-7-11(10-12)17(21)22/h5,7-8,10H,3-4,6,9H2,1-2H3,(H,18,19). The van der Waals surface area contributed by atoms with E-state index in [0.29, 0.717) is 12.8 Å². The van der Waals surface area contributed by atoms with Gasteiger partial charge in [-0.15, -0.1) is 0 Å². The Morgan fingerprint density at radius 2 is 1.96 bits per heavy atom. The van der Waals surface area contributed by atoms with Gasteiger partial charge in [-0.25, -0.2) is 9.59 Å². The monoisotopic (exact) mass is 337 g/mol. The fourth-order valence-corrected chi connectivity index (χ4v) is 1.83. The molecule has 0 spiro atoms. The maximum absolute atomic E-state index is 12.1. The van der Waals surface area contributed by atoms with Gasteiger partial charge in [0.2, 0.25) is 5.76 Å². The van der Waals surface area contributed by atoms with Crippen LogP contribution in [-0.4, -0.2) is 28.6 Å². The molecule has 0 atom stereocenters. The molecule has 0 aliphatic carbocycles. The van der Waals surface area contributed by atoms with Gasteiger partial charge in [0.15, 0.2) is 0 Å². The highest BCUT2D eigenvalue weighted by Gasteiger charge is 2.24. The lowest BCUT2D eigenvalue weighted by atomic mass is 10.1. The van der Waals surface area contributed by atoms with Crippen molar-refractivity contribution in [1.82, 2.24) is 0 Å². The molecule has 0 aromatic heterocycles. The Morgan fingerprint density at radius 1 is 1.25 bits per heavy atom. The van der Waals surface area contributed by atoms with E-state index in [1.54, 1.807) is 13.8 Å². The number of carboxylic acid groups (broad SMARTS) is 1. The lowest BCUT2D eigenvalue weighted by Gasteiger charge is -2.13. The Bertz CT molecular complexity index is 652. The molecule has 130 valence electrons. The van der Waals surface area contributed by atoms with Gasteiger partial charge in [-0.2, -0.15) is 0 Å². The maximum Gasteiger partial charge on any atom is 0.374 e. The number of hydrogen-bond acceptors (Lipinski definition) is 6. The highest BCUT2D eigenvalue weighted by molar-refractivity contribution is 5.98. The molecular weight excluding hydrogens is 318 g/mol. The zero-order valence-electron chi connectivity index (χ0n) is 13.5. The van der Waals surface area contributed by atoms with Crippen LogP contribution >= 0.6 is 0 Å². The minimum absolute atomic E-state index is 0.0116. The summed E-state index contributed by atoms with van der Waals surface area (Å²) in [4.78, 5) is 33.8. The zero-order valence-corrected chi connectivity index (χ0v) is 13.5. The number of hydrogen-bond donors (Lipinski definition) is 1. The molecule has 0 aliphatic heterocycles. The Balaban J connectivity index is 3.24. The van der Waals surface area contributed by atoms with Gasteiger partial charge < -0.3 is 14.6 Å². The van der Waals surface area contributed by atoms with Crippen LogP contribution in [0.3, 0.4) is 0 Å². The van der Waals surface area contributed by atoms with Crippen LogP contribution in [0.2, 0.25) is 0 Å². The molecule has 1 N–H and O–H groups in total. The molecule has 8 nitrogen and oxygen atoms in total. The van der Waals surface area contributed by atoms with Crippen molar-refractivity contribution in [3.05, 3.63) is 45.7 Å². The molecule has 0 fully saturated rings. The van der Waals surface area contributed by atoms with Crippen molar-refractivity contribution in [3.8, 4) is 5.75 Å². The van der Waals surface area contributed by atoms with E-state index < -0.39 is 22.6 Å². The molecule has 0 heterocycles. The van der Waals surface area contributed by atoms with Gasteiger partial charge >= 0.3 is 11.9 Å². The summed E-state index contributed by atoms with van der Waals surface area (Å²) in [7, 11) is 0. The molecule has 0 radical (unpaired) electrons. The number of carbonyl (C=O) groups excluding carboxylic acids is 1. The van der Waals surface area contributed by atoms with Crippen LogP contribution in [0.4, 0.5) is 5.69 Å². The van der Waals surface area contributed by atoms with E-state index in [4.69, 9.17) is 9.47 Å². The Labute approximate surface area is 138 Å². The quantitative estimate of drug-likeness (QED) is 0.242. The van der Waals surface area contributed by atoms with E-state index in [-0.39, 0.29) is 30.0 Å². The summed E-state index contributed by atoms with van der Waals surface area (Å²) < 4.78 is 10.3. The summed E-state index contributed by atoms with van der Waals surface area (Å²) >= 11 is 0. The van der Waals surface area contributed by atoms with E-state index in [2.05, 4.69) is 0 Å². The van der Waals surface area contributed by atoms with Crippen LogP contribution in [0.25, 0.3) is 0 Å². The largest absolute Gasteiger partial charge is 0.478 e. The number of non-ortho nitro benzene ring substituents is 1. The molecule has 8 heteroatoms. The van der Waals surface area contributed by atoms with Crippen molar-refractivity contribution in [2.75, 3.05) is 6.61 Å². The lowest BCUT2D eigenvalue weighted by molar-refractivity contribution is -0.384. The number of benzene rings is 1. The molecule has 24 heavy (non-hydrogen) atoms. The second-order valence-electron chi connectivity index (χ2n) is 4.86. The van der Waals surface area contributed by atoms with E-state index in [0.717, 1.165) is 6.07 Å². The van der Waals surface area contributed by atoms with Gasteiger partial charge in [0.1, 0.15) is 5.75 Å². The third kappa shape index (κ3) is 5.38. The van der Waals surface area contributed by atoms with E-state index in [1.807, 2.05) is 0 Å². The predicted octanol–water partition coefficient (Wildman–Crippen LogP) is 3.07. The van der Waals surface area contributed by atoms with Gasteiger partial charge in [-0.05, 0) is 18.9 Å². The van der Waals surface area contributed by atoms with Crippen molar-refractivity contribution in [2.24, 2.45) is 0 Å². The average molecular weight is 337 g/mol. The normalized spacial score (nSPS) is 11.4. The number of nitro benzene ring substituents is 1. The number of aliphatic carboxylic acids is 1. The molecule has 1 aromatic carbocycles. The van der Waals surface area contributed by atoms with Crippen molar-refractivity contribution in [1.29, 1.82) is 0 Å². The lowest BCUT2D eigenvalue weighted by Crippen LogP contribution is -2.19. The first kappa shape index (κ1) is 19.1. The molecule has 0 amide bonds. The molecule has 0 saturated carbocycles. The Hall–Kier alpha value is -2.90. The molecule has 0 aliphatic rings. The fourth-order valence-electron chi connectivity index (χ4n) is 1.83. The number of ether oxygens (including phenoxy) is 2. The second-order valence-corrected chi connectivity index (χ2v) is 4.86. The van der Waals surface area contributed by atoms with Crippen molar-refractivity contribution < 1.29 is 29.1 Å². The van der Waals surface area contributed by atoms with Crippen LogP contribution in [0, 0.1) is 10.1 Å². The first-order valence-corrected chi connectivity index (χ1v) is 7.46. The number of nitrogens with zero attached hydrogens (tertiary/aromatic N) is 1. The predicted molar refractivity (Wildman–Crippen MR) is 84.5 cm³/mol. The fraction of sp³-hybridized carbons (Fsp3) is 0.375. The highest BCUT2D eigenvalue weighted by Crippen LogP contribution is 2.24. The first-order valence-electron chi connectivity index (χ1n) is 7.46. The van der Waals surface area contributed by atoms with Crippen molar-refractivity contribution in [3.63, 3.8) is 0 Å². The van der Waals surface area contributed by atoms with Crippen LogP contribution < -0.4 is 4.74 Å². The van der Waals surface area contributed by atoms with Gasteiger partial charge in [0.25, 0.3) is 5.69 Å². The number of carboxylic acids is 1.